The van der Waals surface area contributed by atoms with Crippen LogP contribution in [0, 0.1) is 6.92 Å². The molecule has 0 saturated heterocycles. The average molecular weight is 370 g/mol. The predicted molar refractivity (Wildman–Crippen MR) is 110 cm³/mol. The molecule has 0 spiro atoms. The van der Waals surface area contributed by atoms with Crippen molar-refractivity contribution in [3.63, 3.8) is 0 Å². The summed E-state index contributed by atoms with van der Waals surface area (Å²) < 4.78 is 2.17. The molecule has 0 N–H and O–H groups in total. The van der Waals surface area contributed by atoms with Crippen LogP contribution in [0.3, 0.4) is 0 Å². The van der Waals surface area contributed by atoms with Crippen LogP contribution in [0.4, 0.5) is 5.82 Å². The standard InChI is InChI=1S/C22H22N6/c1-17-14-20(26-22(25-17)19-8-10-23-11-9-19)27(2)16-21-24-12-13-28(21)15-18-6-4-3-5-7-18/h3-14H,15-16H2,1-2H3. The number of hydrogen-bond acceptors (Lipinski definition) is 5. The van der Waals surface area contributed by atoms with E-state index in [-0.39, 0.29) is 0 Å². The van der Waals surface area contributed by atoms with E-state index in [1.165, 1.54) is 5.56 Å². The van der Waals surface area contributed by atoms with Gasteiger partial charge in [-0.1, -0.05) is 30.3 Å². The Hall–Kier alpha value is -3.54. The number of aryl methyl sites for hydroxylation is 1. The van der Waals surface area contributed by atoms with E-state index in [4.69, 9.17) is 4.98 Å². The van der Waals surface area contributed by atoms with Gasteiger partial charge in [0.15, 0.2) is 5.82 Å². The van der Waals surface area contributed by atoms with E-state index in [1.807, 2.05) is 50.6 Å². The molecule has 0 atom stereocenters. The molecule has 3 heterocycles. The molecule has 0 aliphatic rings. The molecule has 0 aliphatic heterocycles. The lowest BCUT2D eigenvalue weighted by atomic mass is 10.2. The van der Waals surface area contributed by atoms with Crippen molar-refractivity contribution in [3.8, 4) is 11.4 Å². The summed E-state index contributed by atoms with van der Waals surface area (Å²) in [5.41, 5.74) is 3.14. The monoisotopic (exact) mass is 370 g/mol. The normalized spacial score (nSPS) is 10.8. The number of rotatable bonds is 6. The van der Waals surface area contributed by atoms with E-state index in [0.29, 0.717) is 12.4 Å². The molecule has 1 aromatic carbocycles. The van der Waals surface area contributed by atoms with Gasteiger partial charge in [0.2, 0.25) is 0 Å². The van der Waals surface area contributed by atoms with Gasteiger partial charge in [0.1, 0.15) is 11.6 Å². The van der Waals surface area contributed by atoms with E-state index < -0.39 is 0 Å². The number of imidazole rings is 1. The minimum absolute atomic E-state index is 0.659. The fourth-order valence-corrected chi connectivity index (χ4v) is 3.09. The van der Waals surface area contributed by atoms with Crippen LogP contribution < -0.4 is 4.90 Å². The molecule has 4 rings (SSSR count). The molecule has 4 aromatic rings. The predicted octanol–water partition coefficient (Wildman–Crippen LogP) is 3.73. The zero-order chi connectivity index (χ0) is 19.3. The van der Waals surface area contributed by atoms with Crippen molar-refractivity contribution in [2.24, 2.45) is 0 Å². The van der Waals surface area contributed by atoms with E-state index in [2.05, 4.69) is 48.7 Å². The number of anilines is 1. The van der Waals surface area contributed by atoms with Gasteiger partial charge in [0.25, 0.3) is 0 Å². The highest BCUT2D eigenvalue weighted by atomic mass is 15.2. The van der Waals surface area contributed by atoms with Crippen LogP contribution >= 0.6 is 0 Å². The lowest BCUT2D eigenvalue weighted by Crippen LogP contribution is -2.21. The molecule has 28 heavy (non-hydrogen) atoms. The second kappa shape index (κ2) is 8.00. The Labute approximate surface area is 164 Å². The highest BCUT2D eigenvalue weighted by Gasteiger charge is 2.12. The van der Waals surface area contributed by atoms with Crippen LogP contribution in [0.1, 0.15) is 17.1 Å². The maximum absolute atomic E-state index is 4.75. The number of hydrogen-bond donors (Lipinski definition) is 0. The smallest absolute Gasteiger partial charge is 0.161 e. The molecule has 0 amide bonds. The summed E-state index contributed by atoms with van der Waals surface area (Å²) in [5, 5.41) is 0. The summed E-state index contributed by atoms with van der Waals surface area (Å²) in [6, 6.07) is 16.2. The number of aromatic nitrogens is 5. The van der Waals surface area contributed by atoms with Crippen LogP contribution in [0.5, 0.6) is 0 Å². The maximum atomic E-state index is 4.75. The summed E-state index contributed by atoms with van der Waals surface area (Å²) >= 11 is 0. The third-order valence-electron chi connectivity index (χ3n) is 4.55. The van der Waals surface area contributed by atoms with E-state index in [0.717, 1.165) is 29.4 Å². The zero-order valence-electron chi connectivity index (χ0n) is 16.0. The van der Waals surface area contributed by atoms with Crippen LogP contribution in [0.25, 0.3) is 11.4 Å². The quantitative estimate of drug-likeness (QED) is 0.518. The molecule has 6 heteroatoms. The molecule has 0 aliphatic carbocycles. The molecule has 0 bridgehead atoms. The van der Waals surface area contributed by atoms with Gasteiger partial charge in [-0.15, -0.1) is 0 Å². The van der Waals surface area contributed by atoms with Gasteiger partial charge in [0.05, 0.1) is 6.54 Å². The van der Waals surface area contributed by atoms with Crippen LogP contribution in [-0.2, 0) is 13.1 Å². The Morgan fingerprint density at radius 3 is 2.54 bits per heavy atom. The SMILES string of the molecule is Cc1cc(N(C)Cc2nccn2Cc2ccccc2)nc(-c2ccncc2)n1. The molecular formula is C22H22N6. The van der Waals surface area contributed by atoms with Crippen molar-refractivity contribution in [2.75, 3.05) is 11.9 Å². The summed E-state index contributed by atoms with van der Waals surface area (Å²) in [7, 11) is 2.03. The van der Waals surface area contributed by atoms with Crippen LogP contribution in [0.2, 0.25) is 0 Å². The third kappa shape index (κ3) is 4.06. The van der Waals surface area contributed by atoms with E-state index >= 15 is 0 Å². The Morgan fingerprint density at radius 2 is 1.75 bits per heavy atom. The molecule has 6 nitrogen and oxygen atoms in total. The minimum Gasteiger partial charge on any atom is -0.352 e. The molecule has 3 aromatic heterocycles. The van der Waals surface area contributed by atoms with Crippen molar-refractivity contribution in [2.45, 2.75) is 20.0 Å². The molecular weight excluding hydrogens is 348 g/mol. The number of pyridine rings is 1. The maximum Gasteiger partial charge on any atom is 0.161 e. The van der Waals surface area contributed by atoms with E-state index in [9.17, 15) is 0 Å². The average Bonchev–Trinajstić information content (AvgIpc) is 3.15. The summed E-state index contributed by atoms with van der Waals surface area (Å²) in [5.74, 6) is 2.57. The van der Waals surface area contributed by atoms with Gasteiger partial charge in [-0.25, -0.2) is 15.0 Å². The van der Waals surface area contributed by atoms with Gasteiger partial charge in [-0.3, -0.25) is 4.98 Å². The Balaban J connectivity index is 1.56. The lowest BCUT2D eigenvalue weighted by molar-refractivity contribution is 0.703. The Kier molecular flexibility index (Phi) is 5.10. The summed E-state index contributed by atoms with van der Waals surface area (Å²) in [6.45, 7) is 3.45. The first-order chi connectivity index (χ1) is 13.7. The molecule has 0 fully saturated rings. The van der Waals surface area contributed by atoms with Crippen molar-refractivity contribution in [3.05, 3.63) is 90.4 Å². The fraction of sp³-hybridized carbons (Fsp3) is 0.182. The van der Waals surface area contributed by atoms with Gasteiger partial charge in [-0.2, -0.15) is 0 Å². The third-order valence-corrected chi connectivity index (χ3v) is 4.55. The minimum atomic E-state index is 0.659. The highest BCUT2D eigenvalue weighted by Crippen LogP contribution is 2.20. The lowest BCUT2D eigenvalue weighted by Gasteiger charge is -2.20. The van der Waals surface area contributed by atoms with E-state index in [1.54, 1.807) is 12.4 Å². The first kappa shape index (κ1) is 17.9. The summed E-state index contributed by atoms with van der Waals surface area (Å²) in [6.07, 6.45) is 7.37. The van der Waals surface area contributed by atoms with Gasteiger partial charge in [-0.05, 0) is 24.6 Å². The van der Waals surface area contributed by atoms with Gasteiger partial charge < -0.3 is 9.47 Å². The zero-order valence-corrected chi connectivity index (χ0v) is 16.0. The van der Waals surface area contributed by atoms with Crippen LogP contribution in [0.15, 0.2) is 73.3 Å². The number of nitrogens with zero attached hydrogens (tertiary/aromatic N) is 6. The van der Waals surface area contributed by atoms with Crippen molar-refractivity contribution in [1.29, 1.82) is 0 Å². The van der Waals surface area contributed by atoms with Gasteiger partial charge >= 0.3 is 0 Å². The summed E-state index contributed by atoms with van der Waals surface area (Å²) in [4.78, 5) is 20.0. The Bertz CT molecular complexity index is 1040. The highest BCUT2D eigenvalue weighted by molar-refractivity contribution is 5.57. The van der Waals surface area contributed by atoms with Crippen molar-refractivity contribution >= 4 is 5.82 Å². The topological polar surface area (TPSA) is 59.7 Å². The fourth-order valence-electron chi connectivity index (χ4n) is 3.09. The molecule has 0 saturated carbocycles. The van der Waals surface area contributed by atoms with Crippen molar-refractivity contribution in [1.82, 2.24) is 24.5 Å². The van der Waals surface area contributed by atoms with Crippen molar-refractivity contribution < 1.29 is 0 Å². The molecule has 0 unspecified atom stereocenters. The largest absolute Gasteiger partial charge is 0.352 e. The first-order valence-corrected chi connectivity index (χ1v) is 9.20. The second-order valence-electron chi connectivity index (χ2n) is 6.74. The Morgan fingerprint density at radius 1 is 0.964 bits per heavy atom. The van der Waals surface area contributed by atoms with Crippen LogP contribution in [-0.4, -0.2) is 31.6 Å². The second-order valence-corrected chi connectivity index (χ2v) is 6.74. The number of benzene rings is 1. The first-order valence-electron chi connectivity index (χ1n) is 9.20. The molecule has 0 radical (unpaired) electrons. The molecule has 140 valence electrons. The van der Waals surface area contributed by atoms with Gasteiger partial charge in [0, 0.05) is 55.7 Å².